The number of rotatable bonds is 5. The van der Waals surface area contributed by atoms with Gasteiger partial charge in [-0.2, -0.15) is 0 Å². The minimum Gasteiger partial charge on any atom is -0.445 e. The molecule has 1 aliphatic rings. The van der Waals surface area contributed by atoms with Crippen LogP contribution in [0.15, 0.2) is 10.6 Å². The van der Waals surface area contributed by atoms with Crippen molar-refractivity contribution in [1.29, 1.82) is 0 Å². The molecular formula is C14H22ClNO. The van der Waals surface area contributed by atoms with Gasteiger partial charge in [0, 0.05) is 17.7 Å². The minimum atomic E-state index is 0.256. The summed E-state index contributed by atoms with van der Waals surface area (Å²) in [5.41, 5.74) is 0.256. The van der Waals surface area contributed by atoms with Crippen LogP contribution in [0.2, 0.25) is 0 Å². The molecule has 1 fully saturated rings. The molecule has 1 heterocycles. The van der Waals surface area contributed by atoms with E-state index in [0.717, 1.165) is 18.1 Å². The Labute approximate surface area is 109 Å². The molecule has 0 radical (unpaired) electrons. The topological polar surface area (TPSA) is 26.0 Å². The zero-order valence-electron chi connectivity index (χ0n) is 10.8. The first kappa shape index (κ1) is 12.9. The molecular weight excluding hydrogens is 234 g/mol. The molecule has 0 aliphatic heterocycles. The van der Waals surface area contributed by atoms with Crippen molar-refractivity contribution in [3.63, 3.8) is 0 Å². The molecule has 1 aromatic heterocycles. The van der Waals surface area contributed by atoms with Crippen molar-refractivity contribution in [3.8, 4) is 0 Å². The fraction of sp³-hybridized carbons (Fsp3) is 0.786. The summed E-state index contributed by atoms with van der Waals surface area (Å²) in [6.07, 6.45) is 9.02. The Kier molecular flexibility index (Phi) is 4.13. The average Bonchev–Trinajstić information content (AvgIpc) is 2.87. The number of aromatic nitrogens is 1. The third kappa shape index (κ3) is 2.85. The summed E-state index contributed by atoms with van der Waals surface area (Å²) in [4.78, 5) is 4.35. The summed E-state index contributed by atoms with van der Waals surface area (Å²) in [6, 6.07) is 0. The van der Waals surface area contributed by atoms with Crippen LogP contribution in [0.1, 0.15) is 57.6 Å². The standard InChI is InChI=1S/C14H22ClNO/c1-11(2)9-14(6-3-4-7-14)12-10-16-13(17-12)5-8-15/h10-11H,3-9H2,1-2H3. The van der Waals surface area contributed by atoms with Gasteiger partial charge in [0.15, 0.2) is 5.89 Å². The maximum absolute atomic E-state index is 5.92. The van der Waals surface area contributed by atoms with E-state index in [1.807, 2.05) is 6.20 Å². The van der Waals surface area contributed by atoms with Gasteiger partial charge in [0.25, 0.3) is 0 Å². The van der Waals surface area contributed by atoms with Gasteiger partial charge < -0.3 is 4.42 Å². The first-order valence-electron chi connectivity index (χ1n) is 6.67. The summed E-state index contributed by atoms with van der Waals surface area (Å²) in [5, 5.41) is 0. The zero-order valence-corrected chi connectivity index (χ0v) is 11.6. The monoisotopic (exact) mass is 255 g/mol. The van der Waals surface area contributed by atoms with Crippen LogP contribution in [0.25, 0.3) is 0 Å². The summed E-state index contributed by atoms with van der Waals surface area (Å²) >= 11 is 5.72. The maximum atomic E-state index is 5.92. The van der Waals surface area contributed by atoms with Gasteiger partial charge in [-0.05, 0) is 25.2 Å². The van der Waals surface area contributed by atoms with Crippen molar-refractivity contribution >= 4 is 11.6 Å². The van der Waals surface area contributed by atoms with E-state index >= 15 is 0 Å². The number of hydrogen-bond acceptors (Lipinski definition) is 2. The Balaban J connectivity index is 2.19. The smallest absolute Gasteiger partial charge is 0.195 e. The van der Waals surface area contributed by atoms with E-state index in [1.165, 1.54) is 32.1 Å². The lowest BCUT2D eigenvalue weighted by Gasteiger charge is -2.28. The Bertz CT molecular complexity index is 353. The lowest BCUT2D eigenvalue weighted by Crippen LogP contribution is -2.23. The summed E-state index contributed by atoms with van der Waals surface area (Å²) in [7, 11) is 0. The Morgan fingerprint density at radius 2 is 2.12 bits per heavy atom. The molecule has 2 nitrogen and oxygen atoms in total. The van der Waals surface area contributed by atoms with E-state index in [1.54, 1.807) is 0 Å². The van der Waals surface area contributed by atoms with E-state index in [4.69, 9.17) is 16.0 Å². The average molecular weight is 256 g/mol. The predicted molar refractivity (Wildman–Crippen MR) is 70.5 cm³/mol. The van der Waals surface area contributed by atoms with Gasteiger partial charge in [0.1, 0.15) is 5.76 Å². The predicted octanol–water partition coefficient (Wildman–Crippen LogP) is 4.31. The molecule has 3 heteroatoms. The third-order valence-corrected chi connectivity index (χ3v) is 3.93. The second-order valence-corrected chi connectivity index (χ2v) is 6.02. The number of alkyl halides is 1. The number of oxazole rings is 1. The van der Waals surface area contributed by atoms with Crippen LogP contribution in [0.5, 0.6) is 0 Å². The largest absolute Gasteiger partial charge is 0.445 e. The SMILES string of the molecule is CC(C)CC1(c2cnc(CCCl)o2)CCCC1. The highest BCUT2D eigenvalue weighted by atomic mass is 35.5. The van der Waals surface area contributed by atoms with E-state index in [2.05, 4.69) is 18.8 Å². The molecule has 0 amide bonds. The van der Waals surface area contributed by atoms with Crippen molar-refractivity contribution < 1.29 is 4.42 Å². The van der Waals surface area contributed by atoms with Crippen molar-refractivity contribution in [2.75, 3.05) is 5.88 Å². The molecule has 0 N–H and O–H groups in total. The van der Waals surface area contributed by atoms with Crippen LogP contribution in [-0.2, 0) is 11.8 Å². The highest BCUT2D eigenvalue weighted by molar-refractivity contribution is 6.17. The van der Waals surface area contributed by atoms with Gasteiger partial charge in [0.05, 0.1) is 6.20 Å². The van der Waals surface area contributed by atoms with Crippen LogP contribution >= 0.6 is 11.6 Å². The van der Waals surface area contributed by atoms with Gasteiger partial charge in [-0.1, -0.05) is 26.7 Å². The zero-order chi connectivity index (χ0) is 12.3. The van der Waals surface area contributed by atoms with Crippen LogP contribution in [0, 0.1) is 5.92 Å². The number of hydrogen-bond donors (Lipinski definition) is 0. The maximum Gasteiger partial charge on any atom is 0.195 e. The summed E-state index contributed by atoms with van der Waals surface area (Å²) < 4.78 is 5.92. The third-order valence-electron chi connectivity index (χ3n) is 3.74. The Morgan fingerprint density at radius 1 is 1.41 bits per heavy atom. The summed E-state index contributed by atoms with van der Waals surface area (Å²) in [5.74, 6) is 3.18. The van der Waals surface area contributed by atoms with Crippen LogP contribution < -0.4 is 0 Å². The van der Waals surface area contributed by atoms with Gasteiger partial charge >= 0.3 is 0 Å². The second kappa shape index (κ2) is 5.43. The van der Waals surface area contributed by atoms with E-state index in [0.29, 0.717) is 11.8 Å². The Hall–Kier alpha value is -0.500. The lowest BCUT2D eigenvalue weighted by molar-refractivity contribution is 0.278. The minimum absolute atomic E-state index is 0.256. The molecule has 0 aromatic carbocycles. The van der Waals surface area contributed by atoms with E-state index in [9.17, 15) is 0 Å². The molecule has 96 valence electrons. The molecule has 1 aliphatic carbocycles. The fourth-order valence-corrected chi connectivity index (χ4v) is 3.30. The van der Waals surface area contributed by atoms with Gasteiger partial charge in [-0.3, -0.25) is 0 Å². The van der Waals surface area contributed by atoms with Crippen LogP contribution in [-0.4, -0.2) is 10.9 Å². The molecule has 0 unspecified atom stereocenters. The Morgan fingerprint density at radius 3 is 2.71 bits per heavy atom. The first-order chi connectivity index (χ1) is 8.16. The first-order valence-corrected chi connectivity index (χ1v) is 7.21. The van der Waals surface area contributed by atoms with Crippen molar-refractivity contribution in [2.24, 2.45) is 5.92 Å². The van der Waals surface area contributed by atoms with Crippen LogP contribution in [0.3, 0.4) is 0 Å². The van der Waals surface area contributed by atoms with Gasteiger partial charge in [-0.15, -0.1) is 11.6 Å². The second-order valence-electron chi connectivity index (χ2n) is 5.64. The lowest BCUT2D eigenvalue weighted by atomic mass is 9.77. The molecule has 0 saturated heterocycles. The van der Waals surface area contributed by atoms with Crippen molar-refractivity contribution in [1.82, 2.24) is 4.98 Å². The molecule has 0 spiro atoms. The van der Waals surface area contributed by atoms with E-state index in [-0.39, 0.29) is 5.41 Å². The normalized spacial score (nSPS) is 19.1. The molecule has 0 atom stereocenters. The molecule has 2 rings (SSSR count). The number of halogens is 1. The van der Waals surface area contributed by atoms with Gasteiger partial charge in [-0.25, -0.2) is 4.98 Å². The van der Waals surface area contributed by atoms with Crippen molar-refractivity contribution in [2.45, 2.75) is 57.8 Å². The molecule has 0 bridgehead atoms. The number of aryl methyl sites for hydroxylation is 1. The summed E-state index contributed by atoms with van der Waals surface area (Å²) in [6.45, 7) is 4.58. The molecule has 1 aromatic rings. The van der Waals surface area contributed by atoms with Gasteiger partial charge in [0.2, 0.25) is 0 Å². The quantitative estimate of drug-likeness (QED) is 0.733. The van der Waals surface area contributed by atoms with E-state index < -0.39 is 0 Å². The fourth-order valence-electron chi connectivity index (χ4n) is 3.14. The van der Waals surface area contributed by atoms with Crippen molar-refractivity contribution in [3.05, 3.63) is 17.8 Å². The highest BCUT2D eigenvalue weighted by Gasteiger charge is 2.39. The molecule has 1 saturated carbocycles. The number of nitrogens with zero attached hydrogens (tertiary/aromatic N) is 1. The molecule has 17 heavy (non-hydrogen) atoms. The highest BCUT2D eigenvalue weighted by Crippen LogP contribution is 2.45. The van der Waals surface area contributed by atoms with Crippen LogP contribution in [0.4, 0.5) is 0 Å².